The number of carbonyl (C=O) groups excluding carboxylic acids is 1. The number of nitrogens with zero attached hydrogens (tertiary/aromatic N) is 7. The lowest BCUT2D eigenvalue weighted by molar-refractivity contribution is -0.120. The highest BCUT2D eigenvalue weighted by atomic mass is 16.3. The molecule has 4 aromatic rings. The molecule has 2 atom stereocenters. The minimum Gasteiger partial charge on any atom is -0.391 e. The van der Waals surface area contributed by atoms with Crippen LogP contribution in [0.25, 0.3) is 5.65 Å². The molecule has 0 spiro atoms. The molecule has 0 aromatic carbocycles. The van der Waals surface area contributed by atoms with Gasteiger partial charge in [0.1, 0.15) is 11.2 Å². The molecule has 1 saturated carbocycles. The average Bonchev–Trinajstić information content (AvgIpc) is 3.23. The highest BCUT2D eigenvalue weighted by Gasteiger charge is 2.49. The molecule has 34 heavy (non-hydrogen) atoms. The van der Waals surface area contributed by atoms with Gasteiger partial charge in [-0.05, 0) is 31.9 Å². The van der Waals surface area contributed by atoms with Gasteiger partial charge in [-0.1, -0.05) is 0 Å². The Kier molecular flexibility index (Phi) is 4.69. The number of rotatable bonds is 6. The second kappa shape index (κ2) is 7.76. The van der Waals surface area contributed by atoms with Crippen molar-refractivity contribution in [3.8, 4) is 0 Å². The van der Waals surface area contributed by atoms with Crippen molar-refractivity contribution in [2.75, 3.05) is 22.1 Å². The van der Waals surface area contributed by atoms with Crippen molar-refractivity contribution in [1.82, 2.24) is 34.5 Å². The van der Waals surface area contributed by atoms with Gasteiger partial charge in [0.05, 0.1) is 12.3 Å². The highest BCUT2D eigenvalue weighted by Crippen LogP contribution is 2.40. The highest BCUT2D eigenvalue weighted by molar-refractivity contribution is 5.99. The van der Waals surface area contributed by atoms with Crippen molar-refractivity contribution < 1.29 is 9.90 Å². The van der Waals surface area contributed by atoms with Gasteiger partial charge in [-0.15, -0.1) is 0 Å². The van der Waals surface area contributed by atoms with Crippen molar-refractivity contribution in [1.29, 1.82) is 0 Å². The summed E-state index contributed by atoms with van der Waals surface area (Å²) in [5.74, 6) is 2.07. The van der Waals surface area contributed by atoms with Crippen LogP contribution >= 0.6 is 0 Å². The third-order valence-electron chi connectivity index (χ3n) is 6.39. The van der Waals surface area contributed by atoms with Crippen LogP contribution in [0, 0.1) is 0 Å². The first-order valence-electron chi connectivity index (χ1n) is 11.2. The number of hydrogen-bond acceptors (Lipinski definition) is 9. The maximum absolute atomic E-state index is 13.3. The molecule has 0 radical (unpaired) electrons. The van der Waals surface area contributed by atoms with Crippen LogP contribution < -0.4 is 15.5 Å². The first-order chi connectivity index (χ1) is 16.5. The summed E-state index contributed by atoms with van der Waals surface area (Å²) in [6.45, 7) is 1.98. The standard InChI is InChI=1S/C22H24N10O2/c1-22(19(34)25-17-11-23-6-7-24-17)10-14(33)12-32(22)21-27-18-3-2-8-31(18)20(28-21)26-16-9-15(29-30-16)13-4-5-13/h2-3,6-9,11,13-14,33H,4-5,10,12H2,1H3,(H,24,25,34)(H2,26,27,28,29,30)/t14-,22-/m0/s1. The summed E-state index contributed by atoms with van der Waals surface area (Å²) < 4.78 is 1.82. The lowest BCUT2D eigenvalue weighted by Crippen LogP contribution is -2.51. The zero-order valence-electron chi connectivity index (χ0n) is 18.5. The van der Waals surface area contributed by atoms with E-state index in [0.29, 0.717) is 35.1 Å². The van der Waals surface area contributed by atoms with Crippen LogP contribution in [0.15, 0.2) is 43.0 Å². The Morgan fingerprint density at radius 2 is 2.15 bits per heavy atom. The van der Waals surface area contributed by atoms with Gasteiger partial charge in [-0.2, -0.15) is 15.1 Å². The molecule has 0 bridgehead atoms. The molecule has 4 N–H and O–H groups in total. The Balaban J connectivity index is 1.34. The minimum atomic E-state index is -1.09. The largest absolute Gasteiger partial charge is 0.391 e. The predicted molar refractivity (Wildman–Crippen MR) is 124 cm³/mol. The summed E-state index contributed by atoms with van der Waals surface area (Å²) in [5, 5.41) is 24.0. The van der Waals surface area contributed by atoms with E-state index in [-0.39, 0.29) is 18.9 Å². The molecule has 1 amide bonds. The van der Waals surface area contributed by atoms with E-state index in [1.165, 1.54) is 31.4 Å². The predicted octanol–water partition coefficient (Wildman–Crippen LogP) is 1.83. The van der Waals surface area contributed by atoms with Crippen LogP contribution in [0.3, 0.4) is 0 Å². The Bertz CT molecular complexity index is 1350. The second-order valence-electron chi connectivity index (χ2n) is 8.98. The van der Waals surface area contributed by atoms with E-state index >= 15 is 0 Å². The van der Waals surface area contributed by atoms with E-state index in [9.17, 15) is 9.90 Å². The number of fused-ring (bicyclic) bond motifs is 1. The van der Waals surface area contributed by atoms with Crippen molar-refractivity contribution >= 4 is 35.1 Å². The number of H-pyrrole nitrogens is 1. The number of β-amino-alcohol motifs (C(OH)–C–C–N with tert-alkyl or cyclic N) is 1. The van der Waals surface area contributed by atoms with Gasteiger partial charge >= 0.3 is 0 Å². The van der Waals surface area contributed by atoms with Crippen LogP contribution in [0.2, 0.25) is 0 Å². The quantitative estimate of drug-likeness (QED) is 0.338. The molecule has 6 rings (SSSR count). The SMILES string of the molecule is C[C@@]1(C(=O)Nc2cnccn2)C[C@H](O)CN1c1nc(Nc2cc(C3CC3)[nH]n2)n2cccc2n1. The van der Waals surface area contributed by atoms with Crippen molar-refractivity contribution in [3.05, 3.63) is 48.7 Å². The van der Waals surface area contributed by atoms with Gasteiger partial charge < -0.3 is 20.6 Å². The molecule has 1 saturated heterocycles. The van der Waals surface area contributed by atoms with Crippen LogP contribution in [0.4, 0.5) is 23.5 Å². The van der Waals surface area contributed by atoms with Gasteiger partial charge in [-0.3, -0.25) is 19.3 Å². The van der Waals surface area contributed by atoms with Gasteiger partial charge in [0.15, 0.2) is 11.6 Å². The number of anilines is 4. The Labute approximate surface area is 194 Å². The maximum atomic E-state index is 13.3. The van der Waals surface area contributed by atoms with Crippen molar-refractivity contribution in [2.24, 2.45) is 0 Å². The molecular formula is C22H24N10O2. The number of aliphatic hydroxyl groups excluding tert-OH is 1. The topological polar surface area (TPSA) is 149 Å². The molecule has 4 aromatic heterocycles. The van der Waals surface area contributed by atoms with E-state index in [1.54, 1.807) is 11.8 Å². The third kappa shape index (κ3) is 3.61. The zero-order valence-corrected chi connectivity index (χ0v) is 18.5. The average molecular weight is 461 g/mol. The normalized spacial score (nSPS) is 22.3. The first-order valence-corrected chi connectivity index (χ1v) is 11.2. The smallest absolute Gasteiger partial charge is 0.251 e. The van der Waals surface area contributed by atoms with Crippen LogP contribution in [0.5, 0.6) is 0 Å². The van der Waals surface area contributed by atoms with Crippen LogP contribution in [0.1, 0.15) is 37.8 Å². The molecule has 12 nitrogen and oxygen atoms in total. The molecule has 174 valence electrons. The van der Waals surface area contributed by atoms with Gasteiger partial charge in [-0.25, -0.2) is 4.98 Å². The van der Waals surface area contributed by atoms with Gasteiger partial charge in [0.25, 0.3) is 5.91 Å². The fraction of sp³-hybridized carbons (Fsp3) is 0.364. The summed E-state index contributed by atoms with van der Waals surface area (Å²) in [7, 11) is 0. The summed E-state index contributed by atoms with van der Waals surface area (Å²) in [6.07, 6.45) is 8.22. The Hall–Kier alpha value is -4.06. The summed E-state index contributed by atoms with van der Waals surface area (Å²) >= 11 is 0. The summed E-state index contributed by atoms with van der Waals surface area (Å²) in [6, 6.07) is 5.73. The number of aromatic amines is 1. The van der Waals surface area contributed by atoms with Crippen molar-refractivity contribution in [2.45, 2.75) is 43.7 Å². The Morgan fingerprint density at radius 1 is 1.26 bits per heavy atom. The molecule has 1 aliphatic heterocycles. The fourth-order valence-electron chi connectivity index (χ4n) is 4.42. The number of aliphatic hydroxyl groups is 1. The number of amides is 1. The molecule has 2 aliphatic rings. The van der Waals surface area contributed by atoms with E-state index in [2.05, 4.69) is 35.8 Å². The van der Waals surface area contributed by atoms with Gasteiger partial charge in [0.2, 0.25) is 11.9 Å². The lowest BCUT2D eigenvalue weighted by Gasteiger charge is -2.33. The minimum absolute atomic E-state index is 0.217. The number of hydrogen-bond donors (Lipinski definition) is 4. The van der Waals surface area contributed by atoms with E-state index < -0.39 is 11.6 Å². The molecule has 0 unspecified atom stereocenters. The number of carbonyl (C=O) groups is 1. The lowest BCUT2D eigenvalue weighted by atomic mass is 9.97. The first kappa shape index (κ1) is 20.5. The molecule has 1 aliphatic carbocycles. The number of nitrogens with one attached hydrogen (secondary N) is 3. The van der Waals surface area contributed by atoms with Gasteiger partial charge in [0, 0.05) is 49.2 Å². The maximum Gasteiger partial charge on any atom is 0.251 e. The summed E-state index contributed by atoms with van der Waals surface area (Å²) in [4.78, 5) is 32.6. The number of aromatic nitrogens is 7. The Morgan fingerprint density at radius 3 is 2.94 bits per heavy atom. The van der Waals surface area contributed by atoms with Crippen LogP contribution in [-0.2, 0) is 4.79 Å². The van der Waals surface area contributed by atoms with Crippen molar-refractivity contribution in [3.63, 3.8) is 0 Å². The molecule has 2 fully saturated rings. The molecule has 5 heterocycles. The second-order valence-corrected chi connectivity index (χ2v) is 8.98. The molecule has 12 heteroatoms. The zero-order chi connectivity index (χ0) is 23.3. The van der Waals surface area contributed by atoms with Crippen LogP contribution in [-0.4, -0.2) is 63.7 Å². The van der Waals surface area contributed by atoms with E-state index in [4.69, 9.17) is 4.98 Å². The summed E-state index contributed by atoms with van der Waals surface area (Å²) in [5.41, 5.74) is 0.671. The third-order valence-corrected chi connectivity index (χ3v) is 6.39. The fourth-order valence-corrected chi connectivity index (χ4v) is 4.42. The van der Waals surface area contributed by atoms with E-state index in [0.717, 1.165) is 5.69 Å². The monoisotopic (exact) mass is 460 g/mol. The van der Waals surface area contributed by atoms with E-state index in [1.807, 2.05) is 28.8 Å². The molecular weight excluding hydrogens is 436 g/mol.